The highest BCUT2D eigenvalue weighted by atomic mass is 79.9. The molecule has 0 aliphatic heterocycles. The standard InChI is InChI=1S/C16H21BrN4/c1-11-3-4-12-5-6-13(17)8-15(12)16(7-11)18-9-14-10-21(2)20-19-14/h5-6,8,10-11,16,18H,3-4,7,9H2,1-2H3. The Kier molecular flexibility index (Phi) is 4.40. The number of aryl methyl sites for hydroxylation is 2. The van der Waals surface area contributed by atoms with Gasteiger partial charge in [0.15, 0.2) is 0 Å². The van der Waals surface area contributed by atoms with E-state index in [1.807, 2.05) is 13.2 Å². The van der Waals surface area contributed by atoms with Crippen LogP contribution in [-0.2, 0) is 20.0 Å². The molecule has 112 valence electrons. The van der Waals surface area contributed by atoms with Gasteiger partial charge in [-0.25, -0.2) is 0 Å². The van der Waals surface area contributed by atoms with Gasteiger partial charge in [-0.2, -0.15) is 0 Å². The molecule has 1 aliphatic carbocycles. The fourth-order valence-corrected chi connectivity index (χ4v) is 3.44. The van der Waals surface area contributed by atoms with Crippen LogP contribution in [0.1, 0.15) is 42.6 Å². The minimum absolute atomic E-state index is 0.386. The Balaban J connectivity index is 1.80. The quantitative estimate of drug-likeness (QED) is 0.864. The number of nitrogens with one attached hydrogen (secondary N) is 1. The van der Waals surface area contributed by atoms with Crippen molar-refractivity contribution in [2.45, 2.75) is 38.8 Å². The molecule has 0 fully saturated rings. The summed E-state index contributed by atoms with van der Waals surface area (Å²) in [5, 5.41) is 11.8. The van der Waals surface area contributed by atoms with Gasteiger partial charge in [-0.1, -0.05) is 34.1 Å². The third-order valence-electron chi connectivity index (χ3n) is 4.21. The maximum Gasteiger partial charge on any atom is 0.0964 e. The first kappa shape index (κ1) is 14.7. The largest absolute Gasteiger partial charge is 0.304 e. The molecular weight excluding hydrogens is 328 g/mol. The fourth-order valence-electron chi connectivity index (χ4n) is 3.06. The van der Waals surface area contributed by atoms with Crippen molar-refractivity contribution >= 4 is 15.9 Å². The van der Waals surface area contributed by atoms with Gasteiger partial charge in [-0.05, 0) is 48.4 Å². The van der Waals surface area contributed by atoms with Crippen molar-refractivity contribution in [2.75, 3.05) is 0 Å². The van der Waals surface area contributed by atoms with Crippen LogP contribution < -0.4 is 5.32 Å². The molecule has 0 radical (unpaired) electrons. The van der Waals surface area contributed by atoms with Crippen LogP contribution in [0.15, 0.2) is 28.9 Å². The predicted molar refractivity (Wildman–Crippen MR) is 86.8 cm³/mol. The van der Waals surface area contributed by atoms with E-state index in [4.69, 9.17) is 0 Å². The molecule has 1 aromatic carbocycles. The maximum absolute atomic E-state index is 4.16. The summed E-state index contributed by atoms with van der Waals surface area (Å²) in [6, 6.07) is 7.06. The number of fused-ring (bicyclic) bond motifs is 1. The van der Waals surface area contributed by atoms with Crippen LogP contribution in [0.2, 0.25) is 0 Å². The summed E-state index contributed by atoms with van der Waals surface area (Å²) in [7, 11) is 1.90. The monoisotopic (exact) mass is 348 g/mol. The molecular formula is C16H21BrN4. The summed E-state index contributed by atoms with van der Waals surface area (Å²) in [5.41, 5.74) is 3.89. The van der Waals surface area contributed by atoms with E-state index >= 15 is 0 Å². The Morgan fingerprint density at radius 3 is 3.05 bits per heavy atom. The molecule has 0 saturated heterocycles. The molecule has 0 saturated carbocycles. The van der Waals surface area contributed by atoms with Crippen molar-refractivity contribution < 1.29 is 0 Å². The zero-order chi connectivity index (χ0) is 14.8. The summed E-state index contributed by atoms with van der Waals surface area (Å²) >= 11 is 3.60. The summed E-state index contributed by atoms with van der Waals surface area (Å²) in [5.74, 6) is 0.732. The first-order valence-electron chi connectivity index (χ1n) is 7.48. The van der Waals surface area contributed by atoms with Crippen LogP contribution >= 0.6 is 15.9 Å². The second-order valence-corrected chi connectivity index (χ2v) is 6.96. The van der Waals surface area contributed by atoms with Gasteiger partial charge in [0.1, 0.15) is 0 Å². The van der Waals surface area contributed by atoms with Crippen LogP contribution in [0, 0.1) is 5.92 Å². The summed E-state index contributed by atoms with van der Waals surface area (Å²) in [4.78, 5) is 0. The second kappa shape index (κ2) is 6.28. The van der Waals surface area contributed by atoms with Gasteiger partial charge in [0.05, 0.1) is 5.69 Å². The van der Waals surface area contributed by atoms with Crippen molar-refractivity contribution in [3.63, 3.8) is 0 Å². The lowest BCUT2D eigenvalue weighted by atomic mass is 9.97. The van der Waals surface area contributed by atoms with Gasteiger partial charge in [0.2, 0.25) is 0 Å². The molecule has 2 atom stereocenters. The van der Waals surface area contributed by atoms with E-state index in [9.17, 15) is 0 Å². The number of hydrogen-bond acceptors (Lipinski definition) is 3. The first-order valence-corrected chi connectivity index (χ1v) is 8.28. The highest BCUT2D eigenvalue weighted by Crippen LogP contribution is 2.33. The first-order chi connectivity index (χ1) is 10.1. The van der Waals surface area contributed by atoms with Gasteiger partial charge in [0.25, 0.3) is 0 Å². The van der Waals surface area contributed by atoms with Gasteiger partial charge >= 0.3 is 0 Å². The van der Waals surface area contributed by atoms with Crippen LogP contribution in [0.4, 0.5) is 0 Å². The fraction of sp³-hybridized carbons (Fsp3) is 0.500. The molecule has 4 nitrogen and oxygen atoms in total. The van der Waals surface area contributed by atoms with E-state index in [1.54, 1.807) is 4.68 Å². The van der Waals surface area contributed by atoms with Gasteiger partial charge in [0, 0.05) is 30.3 Å². The number of halogens is 1. The number of benzene rings is 1. The van der Waals surface area contributed by atoms with Crippen molar-refractivity contribution in [3.05, 3.63) is 45.7 Å². The molecule has 1 heterocycles. The molecule has 21 heavy (non-hydrogen) atoms. The molecule has 0 amide bonds. The van der Waals surface area contributed by atoms with Gasteiger partial charge in [-0.15, -0.1) is 5.10 Å². The Labute approximate surface area is 134 Å². The van der Waals surface area contributed by atoms with Crippen molar-refractivity contribution in [1.29, 1.82) is 0 Å². The van der Waals surface area contributed by atoms with Gasteiger partial charge < -0.3 is 5.32 Å². The number of hydrogen-bond donors (Lipinski definition) is 1. The smallest absolute Gasteiger partial charge is 0.0964 e. The minimum Gasteiger partial charge on any atom is -0.304 e. The predicted octanol–water partition coefficient (Wildman–Crippen LogP) is 3.38. The van der Waals surface area contributed by atoms with Crippen LogP contribution in [0.3, 0.4) is 0 Å². The number of rotatable bonds is 3. The van der Waals surface area contributed by atoms with E-state index in [0.717, 1.165) is 22.6 Å². The third-order valence-corrected chi connectivity index (χ3v) is 4.70. The lowest BCUT2D eigenvalue weighted by Gasteiger charge is -2.21. The number of nitrogens with zero attached hydrogens (tertiary/aromatic N) is 3. The molecule has 1 aromatic heterocycles. The Bertz CT molecular complexity index is 622. The Morgan fingerprint density at radius 2 is 2.29 bits per heavy atom. The zero-order valence-electron chi connectivity index (χ0n) is 12.5. The van der Waals surface area contributed by atoms with Crippen molar-refractivity contribution in [3.8, 4) is 0 Å². The lowest BCUT2D eigenvalue weighted by molar-refractivity contribution is 0.405. The van der Waals surface area contributed by atoms with E-state index in [-0.39, 0.29) is 0 Å². The average Bonchev–Trinajstić information content (AvgIpc) is 2.80. The van der Waals surface area contributed by atoms with Crippen molar-refractivity contribution in [1.82, 2.24) is 20.3 Å². The van der Waals surface area contributed by atoms with Gasteiger partial charge in [-0.3, -0.25) is 4.68 Å². The molecule has 1 N–H and O–H groups in total. The molecule has 2 aromatic rings. The highest BCUT2D eigenvalue weighted by Gasteiger charge is 2.22. The summed E-state index contributed by atoms with van der Waals surface area (Å²) in [6.07, 6.45) is 5.57. The van der Waals surface area contributed by atoms with E-state index in [1.165, 1.54) is 30.4 Å². The minimum atomic E-state index is 0.386. The summed E-state index contributed by atoms with van der Waals surface area (Å²) < 4.78 is 2.90. The van der Waals surface area contributed by atoms with E-state index < -0.39 is 0 Å². The van der Waals surface area contributed by atoms with Crippen molar-refractivity contribution in [2.24, 2.45) is 13.0 Å². The molecule has 3 rings (SSSR count). The molecule has 1 aliphatic rings. The van der Waals surface area contributed by atoms with E-state index in [2.05, 4.69) is 56.7 Å². The average molecular weight is 349 g/mol. The zero-order valence-corrected chi connectivity index (χ0v) is 14.1. The van der Waals surface area contributed by atoms with Crippen LogP contribution in [0.5, 0.6) is 0 Å². The third kappa shape index (κ3) is 3.52. The molecule has 2 unspecified atom stereocenters. The molecule has 5 heteroatoms. The van der Waals surface area contributed by atoms with E-state index in [0.29, 0.717) is 6.04 Å². The Hall–Kier alpha value is -1.20. The second-order valence-electron chi connectivity index (χ2n) is 6.04. The van der Waals surface area contributed by atoms with Crippen LogP contribution in [0.25, 0.3) is 0 Å². The molecule has 0 spiro atoms. The van der Waals surface area contributed by atoms with Crippen LogP contribution in [-0.4, -0.2) is 15.0 Å². The summed E-state index contributed by atoms with van der Waals surface area (Å²) in [6.45, 7) is 3.11. The Morgan fingerprint density at radius 1 is 1.43 bits per heavy atom. The lowest BCUT2D eigenvalue weighted by Crippen LogP contribution is -2.22. The number of aromatic nitrogens is 3. The topological polar surface area (TPSA) is 42.7 Å². The maximum atomic E-state index is 4.16. The SMILES string of the molecule is CC1CCc2ccc(Br)cc2C(NCc2cn(C)nn2)C1. The highest BCUT2D eigenvalue weighted by molar-refractivity contribution is 9.10. The normalized spacial score (nSPS) is 21.9. The molecule has 0 bridgehead atoms.